The van der Waals surface area contributed by atoms with E-state index in [1.807, 2.05) is 24.8 Å². The van der Waals surface area contributed by atoms with Crippen molar-refractivity contribution in [3.05, 3.63) is 17.6 Å². The first kappa shape index (κ1) is 14.6. The molecule has 1 aromatic heterocycles. The van der Waals surface area contributed by atoms with Crippen molar-refractivity contribution in [3.63, 3.8) is 0 Å². The van der Waals surface area contributed by atoms with E-state index in [0.29, 0.717) is 6.10 Å². The summed E-state index contributed by atoms with van der Waals surface area (Å²) in [7, 11) is 0. The number of anilines is 1. The van der Waals surface area contributed by atoms with Crippen LogP contribution in [0.15, 0.2) is 6.07 Å². The summed E-state index contributed by atoms with van der Waals surface area (Å²) in [6.45, 7) is 6.06. The molecule has 0 aromatic carbocycles. The molecule has 0 bridgehead atoms. The molecule has 0 aliphatic carbocycles. The number of ether oxygens (including phenoxy) is 1. The van der Waals surface area contributed by atoms with E-state index in [2.05, 4.69) is 22.2 Å². The number of hydrogen-bond donors (Lipinski definition) is 1. The summed E-state index contributed by atoms with van der Waals surface area (Å²) < 4.78 is 5.62. The smallest absolute Gasteiger partial charge is 0.140 e. The van der Waals surface area contributed by atoms with Crippen LogP contribution in [-0.4, -0.2) is 35.0 Å². The normalized spacial score (nSPS) is 18.7. The minimum Gasteiger partial charge on any atom is -0.377 e. The molecule has 2 heterocycles. The number of aromatic nitrogens is 2. The van der Waals surface area contributed by atoms with E-state index < -0.39 is 0 Å². The Morgan fingerprint density at radius 1 is 1.47 bits per heavy atom. The van der Waals surface area contributed by atoms with Crippen LogP contribution in [0, 0.1) is 6.92 Å². The van der Waals surface area contributed by atoms with Crippen LogP contribution in [0.4, 0.5) is 5.82 Å². The van der Waals surface area contributed by atoms with Gasteiger partial charge in [0.1, 0.15) is 11.6 Å². The van der Waals surface area contributed by atoms with Crippen molar-refractivity contribution in [2.24, 2.45) is 0 Å². The second-order valence-corrected chi connectivity index (χ2v) is 5.92. The van der Waals surface area contributed by atoms with Crippen LogP contribution in [0.2, 0.25) is 0 Å². The van der Waals surface area contributed by atoms with Gasteiger partial charge in [-0.1, -0.05) is 6.92 Å². The van der Waals surface area contributed by atoms with Gasteiger partial charge in [0, 0.05) is 30.7 Å². The van der Waals surface area contributed by atoms with Gasteiger partial charge in [-0.2, -0.15) is 11.8 Å². The highest BCUT2D eigenvalue weighted by atomic mass is 32.2. The molecule has 0 saturated carbocycles. The van der Waals surface area contributed by atoms with Crippen LogP contribution >= 0.6 is 11.8 Å². The second-order valence-electron chi connectivity index (χ2n) is 4.89. The SMILES string of the molecule is CCCNc1cc(C)nc(CSCC2CCCO2)n1. The van der Waals surface area contributed by atoms with Gasteiger partial charge in [-0.25, -0.2) is 9.97 Å². The zero-order valence-electron chi connectivity index (χ0n) is 11.8. The van der Waals surface area contributed by atoms with E-state index in [9.17, 15) is 0 Å². The highest BCUT2D eigenvalue weighted by Crippen LogP contribution is 2.19. The minimum atomic E-state index is 0.437. The molecule has 1 N–H and O–H groups in total. The average Bonchev–Trinajstić information content (AvgIpc) is 2.89. The highest BCUT2D eigenvalue weighted by Gasteiger charge is 2.15. The standard InChI is InChI=1S/C14H23N3OS/c1-3-6-15-13-8-11(2)16-14(17-13)10-19-9-12-5-4-7-18-12/h8,12H,3-7,9-10H2,1-2H3,(H,15,16,17). The number of aryl methyl sites for hydroxylation is 1. The second kappa shape index (κ2) is 7.70. The van der Waals surface area contributed by atoms with Gasteiger partial charge in [0.25, 0.3) is 0 Å². The van der Waals surface area contributed by atoms with Gasteiger partial charge in [-0.3, -0.25) is 0 Å². The molecule has 1 saturated heterocycles. The average molecular weight is 281 g/mol. The molecule has 1 aliphatic rings. The number of thioether (sulfide) groups is 1. The Morgan fingerprint density at radius 2 is 2.37 bits per heavy atom. The first-order valence-corrected chi connectivity index (χ1v) is 8.21. The molecule has 1 fully saturated rings. The molecular weight excluding hydrogens is 258 g/mol. The largest absolute Gasteiger partial charge is 0.377 e. The van der Waals surface area contributed by atoms with Crippen molar-refractivity contribution < 1.29 is 4.74 Å². The molecule has 5 heteroatoms. The first-order valence-electron chi connectivity index (χ1n) is 7.05. The van der Waals surface area contributed by atoms with Gasteiger partial charge in [0.15, 0.2) is 0 Å². The third-order valence-corrected chi connectivity index (χ3v) is 4.09. The van der Waals surface area contributed by atoms with E-state index >= 15 is 0 Å². The van der Waals surface area contributed by atoms with Crippen molar-refractivity contribution in [3.8, 4) is 0 Å². The fourth-order valence-corrected chi connectivity index (χ4v) is 3.05. The molecule has 106 valence electrons. The molecule has 0 spiro atoms. The first-order chi connectivity index (χ1) is 9.28. The van der Waals surface area contributed by atoms with Gasteiger partial charge in [-0.15, -0.1) is 0 Å². The minimum absolute atomic E-state index is 0.437. The van der Waals surface area contributed by atoms with Crippen molar-refractivity contribution >= 4 is 17.6 Å². The summed E-state index contributed by atoms with van der Waals surface area (Å²) in [5.74, 6) is 3.78. The van der Waals surface area contributed by atoms with Crippen LogP contribution < -0.4 is 5.32 Å². The Balaban J connectivity index is 1.82. The molecule has 0 radical (unpaired) electrons. The molecule has 19 heavy (non-hydrogen) atoms. The van der Waals surface area contributed by atoms with E-state index in [1.165, 1.54) is 12.8 Å². The molecule has 1 atom stereocenters. The lowest BCUT2D eigenvalue weighted by Gasteiger charge is -2.10. The summed E-state index contributed by atoms with van der Waals surface area (Å²) in [6, 6.07) is 2.00. The Morgan fingerprint density at radius 3 is 3.11 bits per heavy atom. The molecule has 4 nitrogen and oxygen atoms in total. The van der Waals surface area contributed by atoms with Gasteiger partial charge < -0.3 is 10.1 Å². The van der Waals surface area contributed by atoms with Gasteiger partial charge >= 0.3 is 0 Å². The molecule has 1 unspecified atom stereocenters. The van der Waals surface area contributed by atoms with Gasteiger partial charge in [0.2, 0.25) is 0 Å². The summed E-state index contributed by atoms with van der Waals surface area (Å²) in [5, 5.41) is 3.32. The van der Waals surface area contributed by atoms with E-state index in [1.54, 1.807) is 0 Å². The van der Waals surface area contributed by atoms with Crippen molar-refractivity contribution in [2.45, 2.75) is 45.0 Å². The lowest BCUT2D eigenvalue weighted by molar-refractivity contribution is 0.129. The van der Waals surface area contributed by atoms with Gasteiger partial charge in [0.05, 0.1) is 11.9 Å². The lowest BCUT2D eigenvalue weighted by Crippen LogP contribution is -2.09. The monoisotopic (exact) mass is 281 g/mol. The molecule has 1 aliphatic heterocycles. The predicted octanol–water partition coefficient (Wildman–Crippen LogP) is 3.02. The summed E-state index contributed by atoms with van der Waals surface area (Å²) in [5.41, 5.74) is 1.03. The van der Waals surface area contributed by atoms with Crippen LogP contribution in [0.1, 0.15) is 37.7 Å². The van der Waals surface area contributed by atoms with Crippen LogP contribution in [0.25, 0.3) is 0 Å². The lowest BCUT2D eigenvalue weighted by atomic mass is 10.3. The van der Waals surface area contributed by atoms with Gasteiger partial charge in [-0.05, 0) is 26.2 Å². The maximum absolute atomic E-state index is 5.62. The summed E-state index contributed by atoms with van der Waals surface area (Å²) >= 11 is 1.87. The Hall–Kier alpha value is -0.810. The van der Waals surface area contributed by atoms with E-state index in [4.69, 9.17) is 4.74 Å². The molecule has 1 aromatic rings. The van der Waals surface area contributed by atoms with Crippen LogP contribution in [0.5, 0.6) is 0 Å². The van der Waals surface area contributed by atoms with E-state index in [0.717, 1.165) is 48.4 Å². The fraction of sp³-hybridized carbons (Fsp3) is 0.714. The maximum Gasteiger partial charge on any atom is 0.140 e. The van der Waals surface area contributed by atoms with Crippen molar-refractivity contribution in [1.29, 1.82) is 0 Å². The Labute approximate surface area is 119 Å². The topological polar surface area (TPSA) is 47.0 Å². The zero-order chi connectivity index (χ0) is 13.5. The third-order valence-electron chi connectivity index (χ3n) is 3.02. The molecule has 2 rings (SSSR count). The Kier molecular flexibility index (Phi) is 5.92. The van der Waals surface area contributed by atoms with Crippen LogP contribution in [0.3, 0.4) is 0 Å². The number of nitrogens with zero attached hydrogens (tertiary/aromatic N) is 2. The third kappa shape index (κ3) is 4.99. The van der Waals surface area contributed by atoms with Crippen LogP contribution in [-0.2, 0) is 10.5 Å². The maximum atomic E-state index is 5.62. The summed E-state index contributed by atoms with van der Waals surface area (Å²) in [4.78, 5) is 9.04. The van der Waals surface area contributed by atoms with E-state index in [-0.39, 0.29) is 0 Å². The fourth-order valence-electron chi connectivity index (χ4n) is 2.10. The zero-order valence-corrected chi connectivity index (χ0v) is 12.6. The molecular formula is C14H23N3OS. The number of rotatable bonds is 7. The number of hydrogen-bond acceptors (Lipinski definition) is 5. The Bertz CT molecular complexity index is 394. The predicted molar refractivity (Wildman–Crippen MR) is 80.7 cm³/mol. The van der Waals surface area contributed by atoms with Crippen molar-refractivity contribution in [1.82, 2.24) is 9.97 Å². The number of nitrogens with one attached hydrogen (secondary N) is 1. The molecule has 0 amide bonds. The van der Waals surface area contributed by atoms with Crippen molar-refractivity contribution in [2.75, 3.05) is 24.2 Å². The highest BCUT2D eigenvalue weighted by molar-refractivity contribution is 7.98. The summed E-state index contributed by atoms with van der Waals surface area (Å²) in [6.07, 6.45) is 3.95. The quantitative estimate of drug-likeness (QED) is 0.832.